The first-order valence-electron chi connectivity index (χ1n) is 5.00. The first-order chi connectivity index (χ1) is 8.25. The van der Waals surface area contributed by atoms with Gasteiger partial charge in [-0.2, -0.15) is 0 Å². The monoisotopic (exact) mass is 250 g/mol. The van der Waals surface area contributed by atoms with Crippen molar-refractivity contribution in [2.75, 3.05) is 0 Å². The van der Waals surface area contributed by atoms with E-state index in [2.05, 4.69) is 15.4 Å². The SMILES string of the molecule is C/C(=N\OCn1cnnc1)c1ccc(Cl)cc1. The molecule has 0 aliphatic rings. The van der Waals surface area contributed by atoms with Crippen molar-refractivity contribution in [3.8, 4) is 0 Å². The van der Waals surface area contributed by atoms with Gasteiger partial charge in [0.1, 0.15) is 12.7 Å². The number of oxime groups is 1. The van der Waals surface area contributed by atoms with Crippen LogP contribution in [-0.2, 0) is 11.6 Å². The molecule has 2 aromatic rings. The third-order valence-electron chi connectivity index (χ3n) is 2.14. The van der Waals surface area contributed by atoms with E-state index in [1.807, 2.05) is 31.2 Å². The van der Waals surface area contributed by atoms with Crippen LogP contribution in [0.5, 0.6) is 0 Å². The molecule has 0 fully saturated rings. The predicted molar refractivity (Wildman–Crippen MR) is 64.8 cm³/mol. The summed E-state index contributed by atoms with van der Waals surface area (Å²) in [6.45, 7) is 2.16. The molecule has 0 atom stereocenters. The molecular formula is C11H11ClN4O. The Balaban J connectivity index is 1.95. The van der Waals surface area contributed by atoms with E-state index in [9.17, 15) is 0 Å². The maximum absolute atomic E-state index is 5.80. The predicted octanol–water partition coefficient (Wildman–Crippen LogP) is 2.33. The minimum atomic E-state index is 0.290. The van der Waals surface area contributed by atoms with E-state index in [-0.39, 0.29) is 6.73 Å². The lowest BCUT2D eigenvalue weighted by atomic mass is 10.1. The van der Waals surface area contributed by atoms with Crippen LogP contribution in [0.1, 0.15) is 12.5 Å². The lowest BCUT2D eigenvalue weighted by Gasteiger charge is -2.02. The normalized spacial score (nSPS) is 11.5. The summed E-state index contributed by atoms with van der Waals surface area (Å²) in [6.07, 6.45) is 3.13. The van der Waals surface area contributed by atoms with Crippen LogP contribution in [0.15, 0.2) is 42.1 Å². The van der Waals surface area contributed by atoms with Crippen LogP contribution in [0.25, 0.3) is 0 Å². The van der Waals surface area contributed by atoms with Gasteiger partial charge in [0.2, 0.25) is 0 Å². The van der Waals surface area contributed by atoms with E-state index < -0.39 is 0 Å². The molecule has 0 radical (unpaired) electrons. The maximum Gasteiger partial charge on any atom is 0.195 e. The van der Waals surface area contributed by atoms with Gasteiger partial charge in [0.15, 0.2) is 6.73 Å². The van der Waals surface area contributed by atoms with E-state index in [1.165, 1.54) is 0 Å². The summed E-state index contributed by atoms with van der Waals surface area (Å²) in [4.78, 5) is 5.16. The molecule has 2 rings (SSSR count). The lowest BCUT2D eigenvalue weighted by Crippen LogP contribution is -2.00. The van der Waals surface area contributed by atoms with Crippen LogP contribution in [-0.4, -0.2) is 20.5 Å². The van der Waals surface area contributed by atoms with E-state index in [1.54, 1.807) is 17.2 Å². The summed E-state index contributed by atoms with van der Waals surface area (Å²) < 4.78 is 1.68. The minimum Gasteiger partial charge on any atom is -0.373 e. The van der Waals surface area contributed by atoms with Crippen molar-refractivity contribution in [2.45, 2.75) is 13.7 Å². The molecule has 0 amide bonds. The number of rotatable bonds is 4. The largest absolute Gasteiger partial charge is 0.373 e. The molecule has 0 spiro atoms. The molecule has 5 nitrogen and oxygen atoms in total. The molecule has 0 saturated carbocycles. The molecule has 0 N–H and O–H groups in total. The van der Waals surface area contributed by atoms with Crippen molar-refractivity contribution in [3.05, 3.63) is 47.5 Å². The van der Waals surface area contributed by atoms with Crippen LogP contribution in [0.2, 0.25) is 5.02 Å². The Bertz CT molecular complexity index is 493. The Kier molecular flexibility index (Phi) is 3.72. The number of halogens is 1. The quantitative estimate of drug-likeness (QED) is 0.618. The molecule has 0 saturated heterocycles. The fourth-order valence-electron chi connectivity index (χ4n) is 1.22. The summed E-state index contributed by atoms with van der Waals surface area (Å²) >= 11 is 5.80. The Morgan fingerprint density at radius 3 is 2.59 bits per heavy atom. The smallest absolute Gasteiger partial charge is 0.195 e. The highest BCUT2D eigenvalue weighted by Gasteiger charge is 1.98. The fourth-order valence-corrected chi connectivity index (χ4v) is 1.35. The Morgan fingerprint density at radius 1 is 1.29 bits per heavy atom. The molecule has 1 aromatic carbocycles. The first kappa shape index (κ1) is 11.6. The van der Waals surface area contributed by atoms with Gasteiger partial charge in [-0.15, -0.1) is 10.2 Å². The second-order valence-corrected chi connectivity index (χ2v) is 3.85. The van der Waals surface area contributed by atoms with Crippen LogP contribution in [0.4, 0.5) is 0 Å². The van der Waals surface area contributed by atoms with Crippen LogP contribution < -0.4 is 0 Å². The zero-order valence-electron chi connectivity index (χ0n) is 9.25. The van der Waals surface area contributed by atoms with E-state index in [0.29, 0.717) is 5.02 Å². The van der Waals surface area contributed by atoms with Gasteiger partial charge in [-0.05, 0) is 24.6 Å². The lowest BCUT2D eigenvalue weighted by molar-refractivity contribution is 0.0837. The highest BCUT2D eigenvalue weighted by molar-refractivity contribution is 6.30. The van der Waals surface area contributed by atoms with Crippen molar-refractivity contribution in [1.82, 2.24) is 14.8 Å². The molecule has 88 valence electrons. The highest BCUT2D eigenvalue weighted by Crippen LogP contribution is 2.10. The van der Waals surface area contributed by atoms with Crippen molar-refractivity contribution in [3.63, 3.8) is 0 Å². The van der Waals surface area contributed by atoms with Crippen molar-refractivity contribution < 1.29 is 4.84 Å². The van der Waals surface area contributed by atoms with Gasteiger partial charge in [0.05, 0.1) is 5.71 Å². The number of hydrogen-bond donors (Lipinski definition) is 0. The molecule has 0 aliphatic heterocycles. The van der Waals surface area contributed by atoms with E-state index in [0.717, 1.165) is 11.3 Å². The minimum absolute atomic E-state index is 0.290. The molecule has 17 heavy (non-hydrogen) atoms. The molecule has 1 heterocycles. The van der Waals surface area contributed by atoms with Crippen LogP contribution in [0, 0.1) is 0 Å². The average molecular weight is 251 g/mol. The third kappa shape index (κ3) is 3.29. The third-order valence-corrected chi connectivity index (χ3v) is 2.39. The van der Waals surface area contributed by atoms with Gasteiger partial charge in [-0.3, -0.25) is 4.57 Å². The van der Waals surface area contributed by atoms with Crippen molar-refractivity contribution >= 4 is 17.3 Å². The molecular weight excluding hydrogens is 240 g/mol. The first-order valence-corrected chi connectivity index (χ1v) is 5.38. The number of aromatic nitrogens is 3. The van der Waals surface area contributed by atoms with E-state index >= 15 is 0 Å². The van der Waals surface area contributed by atoms with Crippen molar-refractivity contribution in [1.29, 1.82) is 0 Å². The second-order valence-electron chi connectivity index (χ2n) is 3.42. The Hall–Kier alpha value is -1.88. The van der Waals surface area contributed by atoms with Crippen molar-refractivity contribution in [2.24, 2.45) is 5.16 Å². The van der Waals surface area contributed by atoms with Crippen LogP contribution >= 0.6 is 11.6 Å². The molecule has 1 aromatic heterocycles. The zero-order chi connectivity index (χ0) is 12.1. The maximum atomic E-state index is 5.80. The van der Waals surface area contributed by atoms with Gasteiger partial charge in [0.25, 0.3) is 0 Å². The summed E-state index contributed by atoms with van der Waals surface area (Å²) in [6, 6.07) is 7.41. The number of benzene rings is 1. The topological polar surface area (TPSA) is 52.3 Å². The Morgan fingerprint density at radius 2 is 1.94 bits per heavy atom. The van der Waals surface area contributed by atoms with Gasteiger partial charge in [-0.25, -0.2) is 0 Å². The summed E-state index contributed by atoms with van der Waals surface area (Å²) in [7, 11) is 0. The average Bonchev–Trinajstić information content (AvgIpc) is 2.83. The Labute approximate surface area is 104 Å². The second kappa shape index (κ2) is 5.45. The molecule has 0 aliphatic carbocycles. The highest BCUT2D eigenvalue weighted by atomic mass is 35.5. The summed E-state index contributed by atoms with van der Waals surface area (Å²) in [5.74, 6) is 0. The summed E-state index contributed by atoms with van der Waals surface area (Å²) in [5.41, 5.74) is 1.76. The molecule has 0 bridgehead atoms. The van der Waals surface area contributed by atoms with E-state index in [4.69, 9.17) is 16.4 Å². The zero-order valence-corrected chi connectivity index (χ0v) is 10.0. The fraction of sp³-hybridized carbons (Fsp3) is 0.182. The number of nitrogens with zero attached hydrogens (tertiary/aromatic N) is 4. The molecule has 0 unspecified atom stereocenters. The number of hydrogen-bond acceptors (Lipinski definition) is 4. The van der Waals surface area contributed by atoms with Crippen LogP contribution in [0.3, 0.4) is 0 Å². The van der Waals surface area contributed by atoms with Gasteiger partial charge >= 0.3 is 0 Å². The van der Waals surface area contributed by atoms with Gasteiger partial charge in [0, 0.05) is 5.02 Å². The standard InChI is InChI=1S/C11H11ClN4O/c1-9(10-2-4-11(12)5-3-10)15-17-8-16-6-13-14-7-16/h2-7H,8H2,1H3/b15-9+. The molecule has 6 heteroatoms. The van der Waals surface area contributed by atoms with Gasteiger partial charge < -0.3 is 4.84 Å². The summed E-state index contributed by atoms with van der Waals surface area (Å²) in [5, 5.41) is 12.0. The van der Waals surface area contributed by atoms with Gasteiger partial charge in [-0.1, -0.05) is 28.9 Å².